The van der Waals surface area contributed by atoms with Crippen LogP contribution in [0.3, 0.4) is 0 Å². The fourth-order valence-corrected chi connectivity index (χ4v) is 4.20. The molecule has 2 aromatic rings. The number of non-ortho nitro benzene ring substituents is 1. The van der Waals surface area contributed by atoms with Gasteiger partial charge in [-0.3, -0.25) is 19.7 Å². The number of ether oxygens (including phenoxy) is 2. The van der Waals surface area contributed by atoms with E-state index >= 15 is 0 Å². The number of aliphatic carboxylic acids is 1. The number of hydrogen-bond donors (Lipinski definition) is 1. The second-order valence-corrected chi connectivity index (χ2v) is 7.74. The number of rotatable bonds is 6. The van der Waals surface area contributed by atoms with E-state index in [2.05, 4.69) is 15.9 Å². The maximum atomic E-state index is 13.3. The Kier molecular flexibility index (Phi) is 5.33. The van der Waals surface area contributed by atoms with Crippen LogP contribution in [0.4, 0.5) is 5.69 Å². The SMILES string of the molecule is O=C(O)[C@H]1c2ccc([N+](=O)[O-])cc2C(=O)N(CCCBr)[C@H]1c1ccc2c(c1)OCO2. The van der Waals surface area contributed by atoms with Gasteiger partial charge in [-0.1, -0.05) is 28.1 Å². The van der Waals surface area contributed by atoms with Crippen LogP contribution in [0.5, 0.6) is 11.5 Å². The van der Waals surface area contributed by atoms with E-state index < -0.39 is 28.8 Å². The van der Waals surface area contributed by atoms with E-state index in [-0.39, 0.29) is 30.2 Å². The number of hydrogen-bond acceptors (Lipinski definition) is 6. The Balaban J connectivity index is 1.88. The van der Waals surface area contributed by atoms with Crippen molar-refractivity contribution in [3.63, 3.8) is 0 Å². The summed E-state index contributed by atoms with van der Waals surface area (Å²) in [4.78, 5) is 37.7. The summed E-state index contributed by atoms with van der Waals surface area (Å²) in [5.74, 6) is -1.61. The first-order valence-corrected chi connectivity index (χ1v) is 10.3. The number of amides is 1. The lowest BCUT2D eigenvalue weighted by Gasteiger charge is -2.40. The van der Waals surface area contributed by atoms with Crippen molar-refractivity contribution in [2.45, 2.75) is 18.4 Å². The summed E-state index contributed by atoms with van der Waals surface area (Å²) in [6, 6.07) is 8.06. The van der Waals surface area contributed by atoms with Gasteiger partial charge in [0.1, 0.15) is 5.92 Å². The van der Waals surface area contributed by atoms with E-state index in [9.17, 15) is 24.8 Å². The lowest BCUT2D eigenvalue weighted by molar-refractivity contribution is -0.384. The molecule has 156 valence electrons. The van der Waals surface area contributed by atoms with Gasteiger partial charge in [0.05, 0.1) is 16.5 Å². The lowest BCUT2D eigenvalue weighted by Crippen LogP contribution is -2.45. The molecular weight excluding hydrogens is 460 g/mol. The molecule has 2 aliphatic heterocycles. The summed E-state index contributed by atoms with van der Waals surface area (Å²) < 4.78 is 10.8. The third kappa shape index (κ3) is 3.36. The summed E-state index contributed by atoms with van der Waals surface area (Å²) in [6.45, 7) is 0.361. The second kappa shape index (κ2) is 7.94. The monoisotopic (exact) mass is 476 g/mol. The first-order valence-electron chi connectivity index (χ1n) is 9.20. The van der Waals surface area contributed by atoms with Crippen molar-refractivity contribution in [3.8, 4) is 11.5 Å². The van der Waals surface area contributed by atoms with Crippen molar-refractivity contribution >= 4 is 33.5 Å². The minimum Gasteiger partial charge on any atom is -0.481 e. The molecule has 9 nitrogen and oxygen atoms in total. The minimum atomic E-state index is -1.12. The molecule has 1 N–H and O–H groups in total. The number of nitro groups is 1. The zero-order valence-corrected chi connectivity index (χ0v) is 17.2. The zero-order valence-electron chi connectivity index (χ0n) is 15.6. The first kappa shape index (κ1) is 20.1. The molecule has 0 saturated carbocycles. The van der Waals surface area contributed by atoms with Crippen LogP contribution < -0.4 is 9.47 Å². The number of carboxylic acid groups (broad SMARTS) is 1. The lowest BCUT2D eigenvalue weighted by atomic mass is 9.79. The number of halogens is 1. The van der Waals surface area contributed by atoms with Crippen LogP contribution >= 0.6 is 15.9 Å². The summed E-state index contributed by atoms with van der Waals surface area (Å²) in [7, 11) is 0. The van der Waals surface area contributed by atoms with Gasteiger partial charge in [-0.25, -0.2) is 0 Å². The zero-order chi connectivity index (χ0) is 21.4. The van der Waals surface area contributed by atoms with E-state index in [1.165, 1.54) is 17.0 Å². The van der Waals surface area contributed by atoms with Gasteiger partial charge in [-0.15, -0.1) is 0 Å². The van der Waals surface area contributed by atoms with Crippen molar-refractivity contribution in [1.82, 2.24) is 4.90 Å². The van der Waals surface area contributed by atoms with Gasteiger partial charge in [0.15, 0.2) is 11.5 Å². The van der Waals surface area contributed by atoms with Gasteiger partial charge in [-0.2, -0.15) is 0 Å². The van der Waals surface area contributed by atoms with Crippen molar-refractivity contribution in [3.05, 3.63) is 63.2 Å². The molecule has 30 heavy (non-hydrogen) atoms. The average Bonchev–Trinajstić information content (AvgIpc) is 3.20. The van der Waals surface area contributed by atoms with Crippen LogP contribution in [0, 0.1) is 10.1 Å². The highest BCUT2D eigenvalue weighted by molar-refractivity contribution is 9.09. The van der Waals surface area contributed by atoms with Crippen LogP contribution in [0.2, 0.25) is 0 Å². The number of nitro benzene ring substituents is 1. The van der Waals surface area contributed by atoms with Gasteiger partial charge in [-0.05, 0) is 29.7 Å². The Labute approximate surface area is 179 Å². The number of alkyl halides is 1. The van der Waals surface area contributed by atoms with Crippen molar-refractivity contribution < 1.29 is 29.1 Å². The Hall–Kier alpha value is -3.14. The Morgan fingerprint density at radius 1 is 1.23 bits per heavy atom. The van der Waals surface area contributed by atoms with E-state index in [1.807, 2.05) is 0 Å². The highest BCUT2D eigenvalue weighted by Gasteiger charge is 2.45. The number of carbonyl (C=O) groups excluding carboxylic acids is 1. The quantitative estimate of drug-likeness (QED) is 0.384. The molecule has 0 unspecified atom stereocenters. The standard InChI is InChI=1S/C20H17BrN2O7/c21-6-1-7-22-18(11-2-5-15-16(8-11)30-10-29-15)17(20(25)26)13-4-3-12(23(27)28)9-14(13)19(22)24/h2-5,8-9,17-18H,1,6-7,10H2,(H,25,26)/t17-,18-/m0/s1. The maximum absolute atomic E-state index is 13.3. The molecule has 10 heteroatoms. The molecule has 2 aromatic carbocycles. The smallest absolute Gasteiger partial charge is 0.313 e. The van der Waals surface area contributed by atoms with Crippen molar-refractivity contribution in [1.29, 1.82) is 0 Å². The van der Waals surface area contributed by atoms with Gasteiger partial charge >= 0.3 is 5.97 Å². The summed E-state index contributed by atoms with van der Waals surface area (Å²) in [5, 5.41) is 21.9. The number of carboxylic acids is 1. The van der Waals surface area contributed by atoms with Crippen molar-refractivity contribution in [2.24, 2.45) is 0 Å². The first-order chi connectivity index (χ1) is 14.4. The molecule has 1 amide bonds. The Bertz CT molecular complexity index is 1040. The number of fused-ring (bicyclic) bond motifs is 2. The highest BCUT2D eigenvalue weighted by Crippen LogP contribution is 2.46. The number of benzene rings is 2. The van der Waals surface area contributed by atoms with Gasteiger partial charge in [0, 0.05) is 24.0 Å². The normalized spacial score (nSPS) is 19.5. The van der Waals surface area contributed by atoms with Crippen molar-refractivity contribution in [2.75, 3.05) is 18.7 Å². The fraction of sp³-hybridized carbons (Fsp3) is 0.300. The number of carbonyl (C=O) groups is 2. The molecule has 0 aliphatic carbocycles. The predicted octanol–water partition coefficient (Wildman–Crippen LogP) is 3.47. The van der Waals surface area contributed by atoms with Crippen LogP contribution in [0.15, 0.2) is 36.4 Å². The molecule has 0 spiro atoms. The van der Waals surface area contributed by atoms with E-state index in [0.717, 1.165) is 6.07 Å². The second-order valence-electron chi connectivity index (χ2n) is 6.94. The Morgan fingerprint density at radius 2 is 2.00 bits per heavy atom. The third-order valence-corrected chi connectivity index (χ3v) is 5.82. The molecule has 0 bridgehead atoms. The molecule has 2 aliphatic rings. The van der Waals surface area contributed by atoms with Crippen LogP contribution in [-0.2, 0) is 4.79 Å². The molecule has 0 radical (unpaired) electrons. The molecule has 0 aromatic heterocycles. The fourth-order valence-electron chi connectivity index (χ4n) is 3.95. The summed E-state index contributed by atoms with van der Waals surface area (Å²) in [6.07, 6.45) is 0.587. The Morgan fingerprint density at radius 3 is 2.70 bits per heavy atom. The summed E-state index contributed by atoms with van der Waals surface area (Å²) in [5.41, 5.74) is 0.644. The summed E-state index contributed by atoms with van der Waals surface area (Å²) >= 11 is 3.34. The molecule has 2 atom stereocenters. The van der Waals surface area contributed by atoms with E-state index in [0.29, 0.717) is 28.8 Å². The predicted molar refractivity (Wildman–Crippen MR) is 108 cm³/mol. The van der Waals surface area contributed by atoms with Crippen LogP contribution in [0.25, 0.3) is 0 Å². The van der Waals surface area contributed by atoms with Crippen LogP contribution in [0.1, 0.15) is 39.9 Å². The minimum absolute atomic E-state index is 0.0446. The maximum Gasteiger partial charge on any atom is 0.313 e. The van der Waals surface area contributed by atoms with E-state index in [1.54, 1.807) is 18.2 Å². The molecular formula is C20H17BrN2O7. The molecule has 0 saturated heterocycles. The van der Waals surface area contributed by atoms with E-state index in [4.69, 9.17) is 9.47 Å². The molecule has 0 fully saturated rings. The average molecular weight is 477 g/mol. The highest BCUT2D eigenvalue weighted by atomic mass is 79.9. The molecule has 4 rings (SSSR count). The van der Waals surface area contributed by atoms with Gasteiger partial charge in [0.2, 0.25) is 6.79 Å². The number of nitrogens with zero attached hydrogens (tertiary/aromatic N) is 2. The van der Waals surface area contributed by atoms with Crippen LogP contribution in [-0.4, -0.2) is 45.5 Å². The molecule has 2 heterocycles. The topological polar surface area (TPSA) is 119 Å². The third-order valence-electron chi connectivity index (χ3n) is 5.26. The largest absolute Gasteiger partial charge is 0.481 e. The van der Waals surface area contributed by atoms with Gasteiger partial charge in [0.25, 0.3) is 11.6 Å². The van der Waals surface area contributed by atoms with Gasteiger partial charge < -0.3 is 19.5 Å².